The molecule has 0 aromatic heterocycles. The summed E-state index contributed by atoms with van der Waals surface area (Å²) in [7, 11) is 1.67. The fraction of sp³-hybridized carbons (Fsp3) is 0.562. The molecule has 0 radical (unpaired) electrons. The Hall–Kier alpha value is -1.55. The van der Waals surface area contributed by atoms with Gasteiger partial charge in [0.1, 0.15) is 5.75 Å². The van der Waals surface area contributed by atoms with Crippen molar-refractivity contribution in [2.75, 3.05) is 20.2 Å². The minimum absolute atomic E-state index is 0.238. The third-order valence-corrected chi connectivity index (χ3v) is 3.95. The van der Waals surface area contributed by atoms with E-state index >= 15 is 0 Å². The van der Waals surface area contributed by atoms with Crippen molar-refractivity contribution >= 4 is 5.97 Å². The van der Waals surface area contributed by atoms with Gasteiger partial charge in [-0.1, -0.05) is 19.1 Å². The molecule has 1 fully saturated rings. The molecular weight excluding hydrogens is 254 g/mol. The summed E-state index contributed by atoms with van der Waals surface area (Å²) in [5.41, 5.74) is 2.33. The van der Waals surface area contributed by atoms with E-state index in [0.29, 0.717) is 12.5 Å². The number of aliphatic carboxylic acids is 1. The maximum atomic E-state index is 11.2. The van der Waals surface area contributed by atoms with Crippen LogP contribution in [0.4, 0.5) is 0 Å². The molecule has 1 saturated heterocycles. The molecule has 2 unspecified atom stereocenters. The normalized spacial score (nSPS) is 23.6. The van der Waals surface area contributed by atoms with Crippen LogP contribution in [0.3, 0.4) is 0 Å². The van der Waals surface area contributed by atoms with Gasteiger partial charge in [0.05, 0.1) is 13.0 Å². The van der Waals surface area contributed by atoms with Gasteiger partial charge in [-0.3, -0.25) is 9.69 Å². The lowest BCUT2D eigenvalue weighted by atomic mass is 9.90. The van der Waals surface area contributed by atoms with Crippen LogP contribution < -0.4 is 4.74 Å². The number of methoxy groups -OCH3 is 1. The average Bonchev–Trinajstić information content (AvgIpc) is 2.38. The standard InChI is InChI=1S/C16H23NO3/c1-11-6-14(16(18)19)10-17(8-11)9-13-4-5-15(20-3)12(2)7-13/h4-5,7,11,14H,6,8-10H2,1-3H3,(H,18,19). The van der Waals surface area contributed by atoms with Crippen molar-refractivity contribution in [3.05, 3.63) is 29.3 Å². The van der Waals surface area contributed by atoms with E-state index in [4.69, 9.17) is 4.74 Å². The zero-order valence-electron chi connectivity index (χ0n) is 12.4. The first-order valence-electron chi connectivity index (χ1n) is 7.08. The van der Waals surface area contributed by atoms with E-state index < -0.39 is 5.97 Å². The summed E-state index contributed by atoms with van der Waals surface area (Å²) >= 11 is 0. The summed E-state index contributed by atoms with van der Waals surface area (Å²) in [5, 5.41) is 9.21. The summed E-state index contributed by atoms with van der Waals surface area (Å²) in [6.45, 7) is 6.57. The second-order valence-corrected chi connectivity index (χ2v) is 5.87. The second-order valence-electron chi connectivity index (χ2n) is 5.87. The highest BCUT2D eigenvalue weighted by atomic mass is 16.5. The van der Waals surface area contributed by atoms with Crippen LogP contribution in [0.25, 0.3) is 0 Å². The summed E-state index contributed by atoms with van der Waals surface area (Å²) in [6.07, 6.45) is 0.785. The molecule has 2 atom stereocenters. The molecule has 4 heteroatoms. The number of carboxylic acid groups (broad SMARTS) is 1. The summed E-state index contributed by atoms with van der Waals surface area (Å²) in [4.78, 5) is 13.4. The molecule has 4 nitrogen and oxygen atoms in total. The molecule has 1 N–H and O–H groups in total. The van der Waals surface area contributed by atoms with E-state index in [1.807, 2.05) is 13.0 Å². The van der Waals surface area contributed by atoms with Crippen LogP contribution in [-0.2, 0) is 11.3 Å². The highest BCUT2D eigenvalue weighted by Gasteiger charge is 2.29. The Kier molecular flexibility index (Phi) is 4.65. The summed E-state index contributed by atoms with van der Waals surface area (Å²) < 4.78 is 5.26. The van der Waals surface area contributed by atoms with Crippen LogP contribution in [0.2, 0.25) is 0 Å². The Balaban J connectivity index is 2.05. The Labute approximate surface area is 120 Å². The number of aryl methyl sites for hydroxylation is 1. The Morgan fingerprint density at radius 3 is 2.80 bits per heavy atom. The van der Waals surface area contributed by atoms with Gasteiger partial charge in [-0.2, -0.15) is 0 Å². The van der Waals surface area contributed by atoms with Crippen LogP contribution in [-0.4, -0.2) is 36.2 Å². The largest absolute Gasteiger partial charge is 0.496 e. The van der Waals surface area contributed by atoms with Crippen LogP contribution in [0.5, 0.6) is 5.75 Å². The van der Waals surface area contributed by atoms with Crippen LogP contribution in [0.1, 0.15) is 24.5 Å². The SMILES string of the molecule is COc1ccc(CN2CC(C)CC(C(=O)O)C2)cc1C. The zero-order chi connectivity index (χ0) is 14.7. The fourth-order valence-electron chi connectivity index (χ4n) is 3.07. The predicted molar refractivity (Wildman–Crippen MR) is 77.9 cm³/mol. The Morgan fingerprint density at radius 1 is 1.45 bits per heavy atom. The number of likely N-dealkylation sites (tertiary alicyclic amines) is 1. The van der Waals surface area contributed by atoms with Crippen molar-refractivity contribution in [1.82, 2.24) is 4.90 Å². The molecule has 0 spiro atoms. The Bertz CT molecular complexity index is 487. The molecule has 20 heavy (non-hydrogen) atoms. The predicted octanol–water partition coefficient (Wildman–Crippen LogP) is 2.55. The van der Waals surface area contributed by atoms with Crippen LogP contribution in [0.15, 0.2) is 18.2 Å². The number of ether oxygens (including phenoxy) is 1. The molecule has 110 valence electrons. The van der Waals surface area contributed by atoms with E-state index in [9.17, 15) is 9.90 Å². The molecule has 1 aromatic carbocycles. The summed E-state index contributed by atoms with van der Waals surface area (Å²) in [6, 6.07) is 6.15. The molecule has 1 aromatic rings. The first-order chi connectivity index (χ1) is 9.49. The van der Waals surface area contributed by atoms with Crippen molar-refractivity contribution < 1.29 is 14.6 Å². The third kappa shape index (κ3) is 3.51. The van der Waals surface area contributed by atoms with Crippen molar-refractivity contribution in [2.45, 2.75) is 26.8 Å². The van der Waals surface area contributed by atoms with Crippen LogP contribution >= 0.6 is 0 Å². The van der Waals surface area contributed by atoms with E-state index in [0.717, 1.165) is 30.8 Å². The molecule has 2 rings (SSSR count). The van der Waals surface area contributed by atoms with Crippen molar-refractivity contribution in [3.8, 4) is 5.75 Å². The number of nitrogens with zero attached hydrogens (tertiary/aromatic N) is 1. The molecule has 1 aliphatic heterocycles. The van der Waals surface area contributed by atoms with Gasteiger partial charge in [-0.25, -0.2) is 0 Å². The topological polar surface area (TPSA) is 49.8 Å². The number of rotatable bonds is 4. The van der Waals surface area contributed by atoms with E-state index in [1.165, 1.54) is 5.56 Å². The number of carbonyl (C=O) groups is 1. The quantitative estimate of drug-likeness (QED) is 0.919. The first kappa shape index (κ1) is 14.9. The van der Waals surface area contributed by atoms with Crippen molar-refractivity contribution in [3.63, 3.8) is 0 Å². The number of benzene rings is 1. The van der Waals surface area contributed by atoms with Gasteiger partial charge in [-0.15, -0.1) is 0 Å². The monoisotopic (exact) mass is 277 g/mol. The smallest absolute Gasteiger partial charge is 0.307 e. The molecule has 1 aliphatic rings. The van der Waals surface area contributed by atoms with Gasteiger partial charge in [-0.05, 0) is 36.5 Å². The molecule has 0 saturated carbocycles. The van der Waals surface area contributed by atoms with Gasteiger partial charge in [0.2, 0.25) is 0 Å². The highest BCUT2D eigenvalue weighted by Crippen LogP contribution is 2.25. The van der Waals surface area contributed by atoms with E-state index in [1.54, 1.807) is 7.11 Å². The van der Waals surface area contributed by atoms with Gasteiger partial charge in [0.25, 0.3) is 0 Å². The highest BCUT2D eigenvalue weighted by molar-refractivity contribution is 5.70. The molecule has 0 bridgehead atoms. The number of carboxylic acids is 1. The maximum absolute atomic E-state index is 11.2. The van der Waals surface area contributed by atoms with Crippen molar-refractivity contribution in [1.29, 1.82) is 0 Å². The molecule has 0 aliphatic carbocycles. The van der Waals surface area contributed by atoms with Gasteiger partial charge >= 0.3 is 5.97 Å². The van der Waals surface area contributed by atoms with Crippen LogP contribution in [0, 0.1) is 18.8 Å². The maximum Gasteiger partial charge on any atom is 0.307 e. The lowest BCUT2D eigenvalue weighted by molar-refractivity contribution is -0.144. The lowest BCUT2D eigenvalue weighted by Crippen LogP contribution is -2.41. The summed E-state index contributed by atoms with van der Waals surface area (Å²) in [5.74, 6) is 0.416. The third-order valence-electron chi connectivity index (χ3n) is 3.95. The number of hydrogen-bond acceptors (Lipinski definition) is 3. The second kappa shape index (κ2) is 6.27. The van der Waals surface area contributed by atoms with Gasteiger partial charge < -0.3 is 9.84 Å². The number of piperidine rings is 1. The zero-order valence-corrected chi connectivity index (χ0v) is 12.4. The minimum Gasteiger partial charge on any atom is -0.496 e. The van der Waals surface area contributed by atoms with Gasteiger partial charge in [0.15, 0.2) is 0 Å². The minimum atomic E-state index is -0.674. The van der Waals surface area contributed by atoms with Crippen molar-refractivity contribution in [2.24, 2.45) is 11.8 Å². The fourth-order valence-corrected chi connectivity index (χ4v) is 3.07. The molecular formula is C16H23NO3. The Morgan fingerprint density at radius 2 is 2.20 bits per heavy atom. The first-order valence-corrected chi connectivity index (χ1v) is 7.08. The molecule has 0 amide bonds. The van der Waals surface area contributed by atoms with Gasteiger partial charge in [0, 0.05) is 19.6 Å². The number of hydrogen-bond donors (Lipinski definition) is 1. The average molecular weight is 277 g/mol. The van der Waals surface area contributed by atoms with E-state index in [2.05, 4.69) is 24.0 Å². The van der Waals surface area contributed by atoms with E-state index in [-0.39, 0.29) is 5.92 Å². The molecule has 1 heterocycles. The lowest BCUT2D eigenvalue weighted by Gasteiger charge is -2.34.